The van der Waals surface area contributed by atoms with Crippen LogP contribution >= 0.6 is 22.2 Å². The highest BCUT2D eigenvalue weighted by Crippen LogP contribution is 2.31. The van der Waals surface area contributed by atoms with Crippen molar-refractivity contribution >= 4 is 44.7 Å². The molecule has 3 aromatic rings. The number of carbonyl (C=O) groups excluding carboxylic acids is 1. The molecule has 0 radical (unpaired) electrons. The van der Waals surface area contributed by atoms with Crippen LogP contribution in [0.3, 0.4) is 0 Å². The topological polar surface area (TPSA) is 67.2 Å². The van der Waals surface area contributed by atoms with Gasteiger partial charge in [0.15, 0.2) is 5.82 Å². The fourth-order valence-electron chi connectivity index (χ4n) is 2.27. The molecular weight excluding hydrogens is 324 g/mol. The first-order chi connectivity index (χ1) is 10.5. The maximum atomic E-state index is 14.4. The lowest BCUT2D eigenvalue weighted by Gasteiger charge is -2.08. The minimum Gasteiger partial charge on any atom is -0.507 e. The van der Waals surface area contributed by atoms with Gasteiger partial charge in [0.25, 0.3) is 0 Å². The van der Waals surface area contributed by atoms with E-state index in [1.807, 2.05) is 0 Å². The van der Waals surface area contributed by atoms with Crippen molar-refractivity contribution in [3.63, 3.8) is 0 Å². The zero-order valence-corrected chi connectivity index (χ0v) is 13.2. The molecule has 3 rings (SSSR count). The first kappa shape index (κ1) is 14.8. The smallest absolute Gasteiger partial charge is 0.202 e. The molecule has 1 unspecified atom stereocenters. The molecule has 112 valence electrons. The summed E-state index contributed by atoms with van der Waals surface area (Å²) in [5.74, 6) is -1.91. The molecule has 1 atom stereocenters. The number of nitrogens with zero attached hydrogens (tertiary/aromatic N) is 2. The maximum absolute atomic E-state index is 14.4. The van der Waals surface area contributed by atoms with E-state index in [1.165, 1.54) is 18.3 Å². The fraction of sp³-hybridized carbons (Fsp3) is 0. The quantitative estimate of drug-likeness (QED) is 0.298. The van der Waals surface area contributed by atoms with Crippen molar-refractivity contribution in [2.24, 2.45) is 0 Å². The van der Waals surface area contributed by atoms with Gasteiger partial charge in [0.2, 0.25) is 5.78 Å². The minimum atomic E-state index is -0.853. The number of aromatic hydroxyl groups is 1. The Morgan fingerprint density at radius 3 is 2.91 bits per heavy atom. The van der Waals surface area contributed by atoms with Crippen LogP contribution in [0.5, 0.6) is 5.75 Å². The lowest BCUT2D eigenvalue weighted by Crippen LogP contribution is -2.06. The Morgan fingerprint density at radius 1 is 1.41 bits per heavy atom. The number of fused-ring (bicyclic) bond motifs is 1. The molecule has 0 amide bonds. The molecule has 0 fully saturated rings. The van der Waals surface area contributed by atoms with Crippen molar-refractivity contribution in [2.75, 3.05) is 4.72 Å². The van der Waals surface area contributed by atoms with Crippen LogP contribution in [-0.4, -0.2) is 20.2 Å². The summed E-state index contributed by atoms with van der Waals surface area (Å²) in [4.78, 5) is 16.8. The zero-order valence-electron chi connectivity index (χ0n) is 11.1. The number of anilines is 1. The van der Waals surface area contributed by atoms with Crippen LogP contribution in [0.2, 0.25) is 0 Å². The normalized spacial score (nSPS) is 10.9. The van der Waals surface area contributed by atoms with E-state index in [4.69, 9.17) is 0 Å². The average Bonchev–Trinajstić information content (AvgIpc) is 2.85. The summed E-state index contributed by atoms with van der Waals surface area (Å²) in [6, 6.07) is 5.94. The number of hydrogen-bond acceptors (Lipinski definition) is 5. The summed E-state index contributed by atoms with van der Waals surface area (Å²) >= 11 is 3.78. The van der Waals surface area contributed by atoms with Gasteiger partial charge in [-0.3, -0.25) is 4.79 Å². The van der Waals surface area contributed by atoms with Gasteiger partial charge in [0, 0.05) is 17.8 Å². The summed E-state index contributed by atoms with van der Waals surface area (Å²) in [6.07, 6.45) is 3.13. The molecule has 0 saturated carbocycles. The van der Waals surface area contributed by atoms with Crippen LogP contribution in [0.25, 0.3) is 11.0 Å². The molecule has 0 spiro atoms. The van der Waals surface area contributed by atoms with E-state index in [2.05, 4.69) is 31.9 Å². The second-order valence-corrected chi connectivity index (χ2v) is 5.37. The number of rotatable bonds is 3. The van der Waals surface area contributed by atoms with Gasteiger partial charge in [0.05, 0.1) is 11.3 Å². The van der Waals surface area contributed by atoms with Crippen LogP contribution in [0.4, 0.5) is 10.1 Å². The lowest BCUT2D eigenvalue weighted by molar-refractivity contribution is 0.103. The Balaban J connectivity index is 2.23. The highest BCUT2D eigenvalue weighted by atomic mass is 32.1. The summed E-state index contributed by atoms with van der Waals surface area (Å²) < 4.78 is 18.3. The third-order valence-corrected chi connectivity index (χ3v) is 3.94. The van der Waals surface area contributed by atoms with Gasteiger partial charge < -0.3 is 14.2 Å². The molecule has 1 aromatic carbocycles. The Morgan fingerprint density at radius 2 is 2.18 bits per heavy atom. The standard InChI is InChI=1S/C14H11FN3O2PS/c15-12-9(17-22)3-4-10(19)11(12)13(20)8-6-18(21)14-7(8)2-1-5-16-14/h1-6,17,19,22H,21H2. The molecule has 0 saturated heterocycles. The average molecular weight is 335 g/mol. The number of halogens is 1. The van der Waals surface area contributed by atoms with Crippen LogP contribution in [0.1, 0.15) is 15.9 Å². The molecule has 2 N–H and O–H groups in total. The largest absolute Gasteiger partial charge is 0.507 e. The second-order valence-electron chi connectivity index (χ2n) is 4.59. The van der Waals surface area contributed by atoms with Crippen molar-refractivity contribution in [2.45, 2.75) is 0 Å². The zero-order chi connectivity index (χ0) is 15.9. The van der Waals surface area contributed by atoms with Gasteiger partial charge in [-0.1, -0.05) is 12.8 Å². The van der Waals surface area contributed by atoms with E-state index >= 15 is 0 Å². The van der Waals surface area contributed by atoms with E-state index in [-0.39, 0.29) is 11.3 Å². The van der Waals surface area contributed by atoms with Crippen molar-refractivity contribution in [1.82, 2.24) is 9.32 Å². The van der Waals surface area contributed by atoms with Crippen molar-refractivity contribution in [3.8, 4) is 5.75 Å². The van der Waals surface area contributed by atoms with Crippen molar-refractivity contribution in [3.05, 3.63) is 53.6 Å². The van der Waals surface area contributed by atoms with Crippen molar-refractivity contribution < 1.29 is 14.3 Å². The predicted octanol–water partition coefficient (Wildman–Crippen LogP) is 3.01. The molecular formula is C14H11FN3O2PS. The molecule has 5 nitrogen and oxygen atoms in total. The molecule has 2 aromatic heterocycles. The predicted molar refractivity (Wildman–Crippen MR) is 88.9 cm³/mol. The number of ketones is 1. The van der Waals surface area contributed by atoms with Gasteiger partial charge in [0.1, 0.15) is 17.0 Å². The van der Waals surface area contributed by atoms with E-state index in [1.54, 1.807) is 22.7 Å². The highest BCUT2D eigenvalue weighted by Gasteiger charge is 2.24. The Labute approximate surface area is 133 Å². The fourth-order valence-corrected chi connectivity index (χ4v) is 2.79. The molecule has 0 aliphatic carbocycles. The van der Waals surface area contributed by atoms with E-state index < -0.39 is 22.9 Å². The SMILES string of the molecule is O=C(c1c(O)ccc(NS)c1F)c1cn(P)c2ncccc12. The summed E-state index contributed by atoms with van der Waals surface area (Å²) in [7, 11) is 2.41. The van der Waals surface area contributed by atoms with Crippen LogP contribution < -0.4 is 4.72 Å². The third kappa shape index (κ3) is 2.23. The number of carbonyl (C=O) groups is 1. The third-order valence-electron chi connectivity index (χ3n) is 3.30. The van der Waals surface area contributed by atoms with E-state index in [9.17, 15) is 14.3 Å². The first-order valence-electron chi connectivity index (χ1n) is 6.22. The summed E-state index contributed by atoms with van der Waals surface area (Å²) in [5, 5.41) is 10.5. The molecule has 8 heteroatoms. The van der Waals surface area contributed by atoms with Crippen LogP contribution in [0, 0.1) is 5.82 Å². The number of nitrogens with one attached hydrogen (secondary N) is 1. The summed E-state index contributed by atoms with van der Waals surface area (Å²) in [5.41, 5.74) is 0.431. The number of phenols is 1. The van der Waals surface area contributed by atoms with Gasteiger partial charge in [-0.15, -0.1) is 0 Å². The number of phenolic OH excluding ortho intramolecular Hbond substituents is 1. The Kier molecular flexibility index (Phi) is 3.76. The van der Waals surface area contributed by atoms with Gasteiger partial charge in [-0.25, -0.2) is 9.37 Å². The van der Waals surface area contributed by atoms with Crippen LogP contribution in [-0.2, 0) is 0 Å². The molecule has 0 bridgehead atoms. The molecule has 0 aliphatic rings. The van der Waals surface area contributed by atoms with E-state index in [0.29, 0.717) is 11.0 Å². The van der Waals surface area contributed by atoms with Gasteiger partial charge >= 0.3 is 0 Å². The monoisotopic (exact) mass is 335 g/mol. The Bertz CT molecular complexity index is 897. The lowest BCUT2D eigenvalue weighted by atomic mass is 10.0. The van der Waals surface area contributed by atoms with E-state index in [0.717, 1.165) is 0 Å². The second kappa shape index (κ2) is 5.59. The van der Waals surface area contributed by atoms with Crippen molar-refractivity contribution in [1.29, 1.82) is 0 Å². The molecule has 2 heterocycles. The number of aromatic nitrogens is 2. The number of thiol groups is 1. The first-order valence-corrected chi connectivity index (χ1v) is 7.18. The number of hydrogen-bond donors (Lipinski definition) is 3. The highest BCUT2D eigenvalue weighted by molar-refractivity contribution is 7.81. The number of benzene rings is 1. The summed E-state index contributed by atoms with van der Waals surface area (Å²) in [6.45, 7) is 0. The van der Waals surface area contributed by atoms with Gasteiger partial charge in [-0.05, 0) is 33.7 Å². The maximum Gasteiger partial charge on any atom is 0.202 e. The molecule has 0 aliphatic heterocycles. The van der Waals surface area contributed by atoms with Gasteiger partial charge in [-0.2, -0.15) is 0 Å². The number of pyridine rings is 1. The van der Waals surface area contributed by atoms with Crippen LogP contribution in [0.15, 0.2) is 36.7 Å². The minimum absolute atomic E-state index is 0.0113. The Hall–Kier alpha value is -2.11. The molecule has 22 heavy (non-hydrogen) atoms.